The van der Waals surface area contributed by atoms with Crippen LogP contribution in [0.15, 0.2) is 24.3 Å². The number of amides is 1. The molecule has 1 atom stereocenters. The fourth-order valence-corrected chi connectivity index (χ4v) is 5.74. The molecule has 0 aromatic heterocycles. The zero-order valence-electron chi connectivity index (χ0n) is 26.3. The molecule has 1 aromatic carbocycles. The lowest BCUT2D eigenvalue weighted by molar-refractivity contribution is -0.121. The Balaban J connectivity index is 1.47. The van der Waals surface area contributed by atoms with E-state index in [4.69, 9.17) is 4.74 Å². The summed E-state index contributed by atoms with van der Waals surface area (Å²) in [5, 5.41) is 6.57. The predicted octanol–water partition coefficient (Wildman–Crippen LogP) is 8.41. The summed E-state index contributed by atoms with van der Waals surface area (Å²) in [4.78, 5) is 14.9. The van der Waals surface area contributed by atoms with E-state index in [2.05, 4.69) is 47.6 Å². The van der Waals surface area contributed by atoms with Gasteiger partial charge >= 0.3 is 0 Å². The van der Waals surface area contributed by atoms with Crippen molar-refractivity contribution in [2.24, 2.45) is 0 Å². The molecule has 1 amide bonds. The van der Waals surface area contributed by atoms with E-state index in [0.717, 1.165) is 69.7 Å². The van der Waals surface area contributed by atoms with Gasteiger partial charge in [0.25, 0.3) is 0 Å². The normalized spacial score (nSPS) is 14.8. The first-order valence-corrected chi connectivity index (χ1v) is 17.2. The molecule has 0 saturated carbocycles. The van der Waals surface area contributed by atoms with Gasteiger partial charge in [-0.3, -0.25) is 9.69 Å². The van der Waals surface area contributed by atoms with Gasteiger partial charge in [0.05, 0.1) is 0 Å². The Kier molecular flexibility index (Phi) is 20.8. The standard InChI is InChI=1S/C35H63N3O2/c1-3-5-6-7-8-9-10-11-12-13-14-15-16-17-18-21-27-37-34(39)26-25-32-23-19-20-24-33(32)40-35(22-4-2)38-30-28-36-29-31-38/h19-20,23-24,35-36H,3-18,21-22,25-31H2,1-2H3,(H,37,39). The second-order valence-corrected chi connectivity index (χ2v) is 11.9. The summed E-state index contributed by atoms with van der Waals surface area (Å²) < 4.78 is 6.52. The van der Waals surface area contributed by atoms with E-state index in [1.54, 1.807) is 0 Å². The van der Waals surface area contributed by atoms with Crippen LogP contribution in [-0.2, 0) is 11.2 Å². The molecule has 5 nitrogen and oxygen atoms in total. The number of aryl methyl sites for hydroxylation is 1. The Labute approximate surface area is 247 Å². The van der Waals surface area contributed by atoms with Crippen molar-refractivity contribution < 1.29 is 9.53 Å². The zero-order valence-corrected chi connectivity index (χ0v) is 26.3. The van der Waals surface area contributed by atoms with Crippen molar-refractivity contribution in [1.29, 1.82) is 0 Å². The second-order valence-electron chi connectivity index (χ2n) is 11.9. The molecular formula is C35H63N3O2. The summed E-state index contributed by atoms with van der Waals surface area (Å²) in [5.74, 6) is 1.09. The van der Waals surface area contributed by atoms with Gasteiger partial charge in [-0.1, -0.05) is 135 Å². The molecule has 0 spiro atoms. The molecule has 1 unspecified atom stereocenters. The van der Waals surface area contributed by atoms with E-state index in [1.807, 2.05) is 6.07 Å². The highest BCUT2D eigenvalue weighted by Gasteiger charge is 2.22. The first kappa shape index (κ1) is 34.6. The summed E-state index contributed by atoms with van der Waals surface area (Å²) in [7, 11) is 0. The van der Waals surface area contributed by atoms with Crippen LogP contribution in [0, 0.1) is 0 Å². The summed E-state index contributed by atoms with van der Waals surface area (Å²) in [6, 6.07) is 8.26. The van der Waals surface area contributed by atoms with Crippen LogP contribution in [0.5, 0.6) is 5.75 Å². The van der Waals surface area contributed by atoms with Gasteiger partial charge in [-0.05, 0) is 30.9 Å². The van der Waals surface area contributed by atoms with Crippen LogP contribution >= 0.6 is 0 Å². The van der Waals surface area contributed by atoms with Gasteiger partial charge in [-0.2, -0.15) is 0 Å². The lowest BCUT2D eigenvalue weighted by Crippen LogP contribution is -2.50. The third-order valence-electron chi connectivity index (χ3n) is 8.30. The van der Waals surface area contributed by atoms with Crippen molar-refractivity contribution in [3.8, 4) is 5.75 Å². The van der Waals surface area contributed by atoms with E-state index < -0.39 is 0 Å². The smallest absolute Gasteiger partial charge is 0.220 e. The molecule has 1 aliphatic rings. The topological polar surface area (TPSA) is 53.6 Å². The van der Waals surface area contributed by atoms with Crippen LogP contribution in [0.25, 0.3) is 0 Å². The van der Waals surface area contributed by atoms with Crippen LogP contribution < -0.4 is 15.4 Å². The monoisotopic (exact) mass is 557 g/mol. The minimum atomic E-state index is 0.108. The number of hydrogen-bond acceptors (Lipinski definition) is 4. The van der Waals surface area contributed by atoms with E-state index in [1.165, 1.54) is 96.3 Å². The Bertz CT molecular complexity index is 735. The van der Waals surface area contributed by atoms with Crippen molar-refractivity contribution in [1.82, 2.24) is 15.5 Å². The largest absolute Gasteiger partial charge is 0.475 e. The van der Waals surface area contributed by atoms with Gasteiger partial charge in [0.2, 0.25) is 5.91 Å². The highest BCUT2D eigenvalue weighted by atomic mass is 16.5. The van der Waals surface area contributed by atoms with E-state index >= 15 is 0 Å². The summed E-state index contributed by atoms with van der Waals surface area (Å²) in [6.07, 6.45) is 25.4. The molecule has 0 bridgehead atoms. The minimum Gasteiger partial charge on any atom is -0.475 e. The molecule has 2 rings (SSSR count). The fraction of sp³-hybridized carbons (Fsp3) is 0.800. The van der Waals surface area contributed by atoms with Crippen molar-refractivity contribution in [2.75, 3.05) is 32.7 Å². The fourth-order valence-electron chi connectivity index (χ4n) is 5.74. The zero-order chi connectivity index (χ0) is 28.5. The maximum atomic E-state index is 12.5. The quantitative estimate of drug-likeness (QED) is 0.119. The number of nitrogens with one attached hydrogen (secondary N) is 2. The van der Waals surface area contributed by atoms with Crippen molar-refractivity contribution in [2.45, 2.75) is 148 Å². The predicted molar refractivity (Wildman–Crippen MR) is 171 cm³/mol. The third kappa shape index (κ3) is 16.6. The average Bonchev–Trinajstić information content (AvgIpc) is 2.98. The number of nitrogens with zero attached hydrogens (tertiary/aromatic N) is 1. The Morgan fingerprint density at radius 1 is 0.800 bits per heavy atom. The Morgan fingerprint density at radius 2 is 1.35 bits per heavy atom. The van der Waals surface area contributed by atoms with Crippen molar-refractivity contribution in [3.05, 3.63) is 29.8 Å². The molecule has 0 radical (unpaired) electrons. The van der Waals surface area contributed by atoms with Gasteiger partial charge in [0, 0.05) is 39.1 Å². The molecular weight excluding hydrogens is 494 g/mol. The molecule has 1 aromatic rings. The second kappa shape index (κ2) is 24.1. The van der Waals surface area contributed by atoms with Crippen molar-refractivity contribution in [3.63, 3.8) is 0 Å². The molecule has 0 aliphatic carbocycles. The first-order valence-electron chi connectivity index (χ1n) is 17.2. The van der Waals surface area contributed by atoms with Crippen LogP contribution in [0.3, 0.4) is 0 Å². The maximum absolute atomic E-state index is 12.5. The highest BCUT2D eigenvalue weighted by Crippen LogP contribution is 2.23. The molecule has 2 N–H and O–H groups in total. The molecule has 230 valence electrons. The van der Waals surface area contributed by atoms with Gasteiger partial charge in [-0.25, -0.2) is 0 Å². The molecule has 1 fully saturated rings. The number of piperazine rings is 1. The summed E-state index contributed by atoms with van der Waals surface area (Å²) in [5.41, 5.74) is 1.14. The lowest BCUT2D eigenvalue weighted by atomic mass is 10.0. The number of ether oxygens (including phenoxy) is 1. The third-order valence-corrected chi connectivity index (χ3v) is 8.30. The number of rotatable bonds is 25. The Hall–Kier alpha value is -1.59. The average molecular weight is 558 g/mol. The highest BCUT2D eigenvalue weighted by molar-refractivity contribution is 5.76. The number of para-hydroxylation sites is 1. The van der Waals surface area contributed by atoms with Crippen LogP contribution in [0.4, 0.5) is 0 Å². The number of hydrogen-bond donors (Lipinski definition) is 2. The summed E-state index contributed by atoms with van der Waals surface area (Å²) >= 11 is 0. The number of carbonyl (C=O) groups is 1. The van der Waals surface area contributed by atoms with Crippen LogP contribution in [-0.4, -0.2) is 49.8 Å². The number of benzene rings is 1. The molecule has 40 heavy (non-hydrogen) atoms. The van der Waals surface area contributed by atoms with E-state index in [-0.39, 0.29) is 12.1 Å². The molecule has 5 heteroatoms. The maximum Gasteiger partial charge on any atom is 0.220 e. The van der Waals surface area contributed by atoms with Gasteiger partial charge in [0.1, 0.15) is 5.75 Å². The van der Waals surface area contributed by atoms with Gasteiger partial charge < -0.3 is 15.4 Å². The number of carbonyl (C=O) groups excluding carboxylic acids is 1. The lowest BCUT2D eigenvalue weighted by Gasteiger charge is -2.35. The molecule has 1 saturated heterocycles. The molecule has 1 aliphatic heterocycles. The van der Waals surface area contributed by atoms with E-state index in [0.29, 0.717) is 6.42 Å². The van der Waals surface area contributed by atoms with E-state index in [9.17, 15) is 4.79 Å². The molecule has 1 heterocycles. The van der Waals surface area contributed by atoms with Crippen LogP contribution in [0.2, 0.25) is 0 Å². The minimum absolute atomic E-state index is 0.108. The van der Waals surface area contributed by atoms with Gasteiger partial charge in [-0.15, -0.1) is 0 Å². The van der Waals surface area contributed by atoms with Crippen LogP contribution in [0.1, 0.15) is 141 Å². The Morgan fingerprint density at radius 3 is 1.93 bits per heavy atom. The first-order chi connectivity index (χ1) is 19.7. The summed E-state index contributed by atoms with van der Waals surface area (Å²) in [6.45, 7) is 9.39. The SMILES string of the molecule is CCCCCCCCCCCCCCCCCCNC(=O)CCc1ccccc1OC(CCC)N1CCNCC1. The van der Waals surface area contributed by atoms with Gasteiger partial charge in [0.15, 0.2) is 6.23 Å². The van der Waals surface area contributed by atoms with Crippen molar-refractivity contribution >= 4 is 5.91 Å². The number of unbranched alkanes of at least 4 members (excludes halogenated alkanes) is 15.